The van der Waals surface area contributed by atoms with Crippen LogP contribution in [0.3, 0.4) is 0 Å². The summed E-state index contributed by atoms with van der Waals surface area (Å²) >= 11 is 0. The predicted octanol–water partition coefficient (Wildman–Crippen LogP) is 3.38. The fraction of sp³-hybridized carbons (Fsp3) is 0.609. The van der Waals surface area contributed by atoms with Gasteiger partial charge in [0.2, 0.25) is 0 Å². The van der Waals surface area contributed by atoms with Crippen LogP contribution in [0, 0.1) is 6.92 Å². The van der Waals surface area contributed by atoms with Gasteiger partial charge in [-0.2, -0.15) is 5.10 Å². The Labute approximate surface area is 169 Å². The Morgan fingerprint density at radius 3 is 2.71 bits per heavy atom. The van der Waals surface area contributed by atoms with Gasteiger partial charge in [0.15, 0.2) is 0 Å². The molecule has 1 N–H and O–H groups in total. The van der Waals surface area contributed by atoms with Gasteiger partial charge in [-0.25, -0.2) is 4.68 Å². The average molecular weight is 383 g/mol. The lowest BCUT2D eigenvalue weighted by Gasteiger charge is -2.46. The Kier molecular flexibility index (Phi) is 6.45. The van der Waals surface area contributed by atoms with Crippen LogP contribution in [0.5, 0.6) is 0 Å². The van der Waals surface area contributed by atoms with E-state index in [9.17, 15) is 5.11 Å². The summed E-state index contributed by atoms with van der Waals surface area (Å²) in [5.74, 6) is 0. The van der Waals surface area contributed by atoms with Gasteiger partial charge in [0, 0.05) is 57.3 Å². The molecule has 152 valence electrons. The second-order valence-corrected chi connectivity index (χ2v) is 8.49. The van der Waals surface area contributed by atoms with E-state index in [2.05, 4.69) is 40.0 Å². The molecule has 1 saturated heterocycles. The minimum absolute atomic E-state index is 0.291. The zero-order valence-corrected chi connectivity index (χ0v) is 17.1. The number of aliphatic hydroxyl groups excluding tert-OH is 1. The van der Waals surface area contributed by atoms with Crippen molar-refractivity contribution in [2.24, 2.45) is 0 Å². The molecule has 2 aromatic rings. The van der Waals surface area contributed by atoms with E-state index in [1.54, 1.807) is 0 Å². The van der Waals surface area contributed by atoms with E-state index >= 15 is 0 Å². The quantitative estimate of drug-likeness (QED) is 0.832. The molecule has 1 atom stereocenters. The summed E-state index contributed by atoms with van der Waals surface area (Å²) in [7, 11) is 0. The Hall–Kier alpha value is -1.69. The number of hydrogen-bond donors (Lipinski definition) is 1. The number of piperazine rings is 1. The standard InChI is InChI=1S/C23H34N4O/c1-19-16-22(27-12-5-11-24-27)9-8-20(19)17-25-13-14-26(23(18-25)10-15-28)21-6-3-2-4-7-21/h5,8-9,11-12,16,21,23,28H,2-4,6-7,10,13-15,17-18H2,1H3/t23-/m0/s1. The van der Waals surface area contributed by atoms with Crippen molar-refractivity contribution in [3.8, 4) is 5.69 Å². The molecule has 1 aliphatic carbocycles. The van der Waals surface area contributed by atoms with Gasteiger partial charge in [-0.1, -0.05) is 25.3 Å². The first kappa shape index (κ1) is 19.6. The minimum Gasteiger partial charge on any atom is -0.396 e. The van der Waals surface area contributed by atoms with Crippen LogP contribution in [0.15, 0.2) is 36.7 Å². The molecule has 2 heterocycles. The van der Waals surface area contributed by atoms with Crippen LogP contribution in [0.25, 0.3) is 5.69 Å². The van der Waals surface area contributed by atoms with Gasteiger partial charge in [-0.15, -0.1) is 0 Å². The van der Waals surface area contributed by atoms with Crippen molar-refractivity contribution in [2.45, 2.75) is 64.1 Å². The molecule has 1 aromatic carbocycles. The Morgan fingerprint density at radius 1 is 1.14 bits per heavy atom. The van der Waals surface area contributed by atoms with Gasteiger partial charge in [0.1, 0.15) is 0 Å². The summed E-state index contributed by atoms with van der Waals surface area (Å²) in [6, 6.07) is 9.83. The number of hydrogen-bond acceptors (Lipinski definition) is 4. The number of aryl methyl sites for hydroxylation is 1. The molecule has 0 unspecified atom stereocenters. The van der Waals surface area contributed by atoms with Crippen molar-refractivity contribution in [1.82, 2.24) is 19.6 Å². The fourth-order valence-corrected chi connectivity index (χ4v) is 5.04. The van der Waals surface area contributed by atoms with E-state index < -0.39 is 0 Å². The van der Waals surface area contributed by atoms with Crippen LogP contribution in [0.1, 0.15) is 49.7 Å². The molecule has 0 amide bonds. The lowest BCUT2D eigenvalue weighted by atomic mass is 9.91. The van der Waals surface area contributed by atoms with Crippen LogP contribution in [0.2, 0.25) is 0 Å². The van der Waals surface area contributed by atoms with E-state index in [0.29, 0.717) is 12.6 Å². The first-order chi connectivity index (χ1) is 13.7. The van der Waals surface area contributed by atoms with Crippen molar-refractivity contribution >= 4 is 0 Å². The average Bonchev–Trinajstić information content (AvgIpc) is 3.26. The molecular formula is C23H34N4O. The van der Waals surface area contributed by atoms with Gasteiger partial charge >= 0.3 is 0 Å². The molecule has 2 fully saturated rings. The van der Waals surface area contributed by atoms with Gasteiger partial charge < -0.3 is 5.11 Å². The summed E-state index contributed by atoms with van der Waals surface area (Å²) in [5.41, 5.74) is 3.83. The monoisotopic (exact) mass is 382 g/mol. The summed E-state index contributed by atoms with van der Waals surface area (Å²) in [5, 5.41) is 14.0. The smallest absolute Gasteiger partial charge is 0.0648 e. The van der Waals surface area contributed by atoms with Gasteiger partial charge in [0.25, 0.3) is 0 Å². The van der Waals surface area contributed by atoms with E-state index in [1.807, 2.05) is 23.1 Å². The third-order valence-electron chi connectivity index (χ3n) is 6.61. The summed E-state index contributed by atoms with van der Waals surface area (Å²) < 4.78 is 1.91. The van der Waals surface area contributed by atoms with Crippen molar-refractivity contribution in [1.29, 1.82) is 0 Å². The molecular weight excluding hydrogens is 348 g/mol. The Morgan fingerprint density at radius 2 is 2.00 bits per heavy atom. The summed E-state index contributed by atoms with van der Waals surface area (Å²) in [6.45, 7) is 6.81. The fourth-order valence-electron chi connectivity index (χ4n) is 5.04. The number of nitrogens with zero attached hydrogens (tertiary/aromatic N) is 4. The van der Waals surface area contributed by atoms with Gasteiger partial charge in [-0.3, -0.25) is 9.80 Å². The van der Waals surface area contributed by atoms with Crippen LogP contribution in [0.4, 0.5) is 0 Å². The SMILES string of the molecule is Cc1cc(-n2cccn2)ccc1CN1CCN(C2CCCCC2)[C@@H](CCO)C1. The highest BCUT2D eigenvalue weighted by molar-refractivity contribution is 5.39. The van der Waals surface area contributed by atoms with E-state index in [-0.39, 0.29) is 0 Å². The second kappa shape index (κ2) is 9.21. The first-order valence-corrected chi connectivity index (χ1v) is 10.9. The number of benzene rings is 1. The van der Waals surface area contributed by atoms with Gasteiger partial charge in [0.05, 0.1) is 5.69 Å². The van der Waals surface area contributed by atoms with Crippen molar-refractivity contribution in [3.05, 3.63) is 47.8 Å². The maximum absolute atomic E-state index is 9.62. The molecule has 5 heteroatoms. The molecule has 1 aromatic heterocycles. The molecule has 0 bridgehead atoms. The van der Waals surface area contributed by atoms with Crippen molar-refractivity contribution in [2.75, 3.05) is 26.2 Å². The largest absolute Gasteiger partial charge is 0.396 e. The number of aromatic nitrogens is 2. The number of rotatable bonds is 6. The van der Waals surface area contributed by atoms with E-state index in [0.717, 1.165) is 44.3 Å². The molecule has 2 aliphatic rings. The Balaban J connectivity index is 1.41. The van der Waals surface area contributed by atoms with Crippen molar-refractivity contribution in [3.63, 3.8) is 0 Å². The first-order valence-electron chi connectivity index (χ1n) is 10.9. The number of aliphatic hydroxyl groups is 1. The summed E-state index contributed by atoms with van der Waals surface area (Å²) in [6.07, 6.45) is 11.5. The van der Waals surface area contributed by atoms with Crippen LogP contribution >= 0.6 is 0 Å². The van der Waals surface area contributed by atoms with E-state index in [4.69, 9.17) is 0 Å². The predicted molar refractivity (Wildman–Crippen MR) is 113 cm³/mol. The second-order valence-electron chi connectivity index (χ2n) is 8.49. The maximum atomic E-state index is 9.62. The van der Waals surface area contributed by atoms with Crippen molar-refractivity contribution < 1.29 is 5.11 Å². The maximum Gasteiger partial charge on any atom is 0.0648 e. The zero-order valence-electron chi connectivity index (χ0n) is 17.1. The van der Waals surface area contributed by atoms with Crippen LogP contribution in [-0.4, -0.2) is 63.0 Å². The molecule has 4 rings (SSSR count). The normalized spacial score (nSPS) is 22.6. The molecule has 1 saturated carbocycles. The molecule has 1 aliphatic heterocycles. The Bertz CT molecular complexity index is 739. The topological polar surface area (TPSA) is 44.5 Å². The third kappa shape index (κ3) is 4.48. The highest BCUT2D eigenvalue weighted by Gasteiger charge is 2.32. The van der Waals surface area contributed by atoms with E-state index in [1.165, 1.54) is 43.2 Å². The molecule has 0 radical (unpaired) electrons. The van der Waals surface area contributed by atoms with Crippen LogP contribution < -0.4 is 0 Å². The summed E-state index contributed by atoms with van der Waals surface area (Å²) in [4.78, 5) is 5.30. The van der Waals surface area contributed by atoms with Gasteiger partial charge in [-0.05, 0) is 55.5 Å². The zero-order chi connectivity index (χ0) is 19.3. The minimum atomic E-state index is 0.291. The van der Waals surface area contributed by atoms with Crippen LogP contribution in [-0.2, 0) is 6.54 Å². The highest BCUT2D eigenvalue weighted by Crippen LogP contribution is 2.28. The lowest BCUT2D eigenvalue weighted by Crippen LogP contribution is -2.56. The third-order valence-corrected chi connectivity index (χ3v) is 6.61. The lowest BCUT2D eigenvalue weighted by molar-refractivity contribution is 0.0136. The molecule has 0 spiro atoms. The highest BCUT2D eigenvalue weighted by atomic mass is 16.3. The molecule has 28 heavy (non-hydrogen) atoms. The molecule has 5 nitrogen and oxygen atoms in total.